The fraction of sp³-hybridized carbons (Fsp3) is 0.200. The van der Waals surface area contributed by atoms with E-state index in [2.05, 4.69) is 4.72 Å². The highest BCUT2D eigenvalue weighted by Crippen LogP contribution is 2.16. The van der Waals surface area contributed by atoms with E-state index in [4.69, 9.17) is 5.11 Å². The summed E-state index contributed by atoms with van der Waals surface area (Å²) in [5.74, 6) is -0.594. The van der Waals surface area contributed by atoms with E-state index >= 15 is 0 Å². The van der Waals surface area contributed by atoms with Crippen LogP contribution in [0.5, 0.6) is 0 Å². The molecule has 0 bridgehead atoms. The van der Waals surface area contributed by atoms with Crippen molar-refractivity contribution < 1.29 is 17.9 Å². The Labute approximate surface area is 123 Å². The zero-order valence-electron chi connectivity index (χ0n) is 11.5. The third-order valence-corrected chi connectivity index (χ3v) is 4.62. The summed E-state index contributed by atoms with van der Waals surface area (Å²) in [5.41, 5.74) is 1.90. The summed E-state index contributed by atoms with van der Waals surface area (Å²) in [5, 5.41) is 9.05. The number of halogens is 1. The van der Waals surface area contributed by atoms with E-state index in [9.17, 15) is 12.8 Å². The lowest BCUT2D eigenvalue weighted by Gasteiger charge is -2.10. The van der Waals surface area contributed by atoms with Gasteiger partial charge < -0.3 is 5.11 Å². The summed E-state index contributed by atoms with van der Waals surface area (Å²) in [6, 6.07) is 10.6. The third-order valence-electron chi connectivity index (χ3n) is 3.08. The van der Waals surface area contributed by atoms with E-state index in [-0.39, 0.29) is 18.0 Å². The smallest absolute Gasteiger partial charge is 0.241 e. The molecule has 0 saturated heterocycles. The minimum absolute atomic E-state index is 0.0687. The molecule has 2 rings (SSSR count). The SMILES string of the molecule is Cc1ccc(F)cc1S(=O)(=O)NCc1cccc(CO)c1. The normalized spacial score (nSPS) is 11.6. The quantitative estimate of drug-likeness (QED) is 0.889. The zero-order valence-corrected chi connectivity index (χ0v) is 12.3. The minimum atomic E-state index is -3.78. The van der Waals surface area contributed by atoms with Gasteiger partial charge in [-0.15, -0.1) is 0 Å². The Balaban J connectivity index is 2.19. The standard InChI is InChI=1S/C15H16FNO3S/c1-11-5-6-14(16)8-15(11)21(19,20)17-9-12-3-2-4-13(7-12)10-18/h2-8,17-18H,9-10H2,1H3. The number of hydrogen-bond acceptors (Lipinski definition) is 3. The summed E-state index contributed by atoms with van der Waals surface area (Å²) in [6.07, 6.45) is 0. The van der Waals surface area contributed by atoms with Crippen LogP contribution in [-0.4, -0.2) is 13.5 Å². The first-order valence-electron chi connectivity index (χ1n) is 6.37. The van der Waals surface area contributed by atoms with Gasteiger partial charge in [-0.05, 0) is 35.7 Å². The van der Waals surface area contributed by atoms with E-state index in [1.807, 2.05) is 0 Å². The lowest BCUT2D eigenvalue weighted by molar-refractivity contribution is 0.281. The Morgan fingerprint density at radius 3 is 2.57 bits per heavy atom. The first-order valence-corrected chi connectivity index (χ1v) is 7.85. The highest BCUT2D eigenvalue weighted by Gasteiger charge is 2.17. The molecule has 0 spiro atoms. The number of aliphatic hydroxyl groups is 1. The molecule has 0 unspecified atom stereocenters. The van der Waals surface area contributed by atoms with Gasteiger partial charge in [0.1, 0.15) is 5.82 Å². The summed E-state index contributed by atoms with van der Waals surface area (Å²) in [4.78, 5) is -0.0687. The maximum absolute atomic E-state index is 13.2. The van der Waals surface area contributed by atoms with E-state index in [1.165, 1.54) is 12.1 Å². The van der Waals surface area contributed by atoms with Crippen molar-refractivity contribution in [3.05, 3.63) is 65.0 Å². The number of aliphatic hydroxyl groups excluding tert-OH is 1. The molecule has 2 aromatic carbocycles. The van der Waals surface area contributed by atoms with Crippen LogP contribution in [-0.2, 0) is 23.2 Å². The van der Waals surface area contributed by atoms with Crippen molar-refractivity contribution in [2.45, 2.75) is 25.0 Å². The zero-order chi connectivity index (χ0) is 15.5. The number of benzene rings is 2. The molecule has 0 amide bonds. The molecule has 0 heterocycles. The second-order valence-corrected chi connectivity index (χ2v) is 6.45. The number of nitrogens with one attached hydrogen (secondary N) is 1. The van der Waals surface area contributed by atoms with Gasteiger partial charge >= 0.3 is 0 Å². The first kappa shape index (κ1) is 15.6. The lowest BCUT2D eigenvalue weighted by Crippen LogP contribution is -2.24. The summed E-state index contributed by atoms with van der Waals surface area (Å²) in [6.45, 7) is 1.58. The topological polar surface area (TPSA) is 66.4 Å². The fourth-order valence-electron chi connectivity index (χ4n) is 1.96. The molecule has 0 radical (unpaired) electrons. The molecule has 2 N–H and O–H groups in total. The Morgan fingerprint density at radius 1 is 1.14 bits per heavy atom. The highest BCUT2D eigenvalue weighted by molar-refractivity contribution is 7.89. The number of hydrogen-bond donors (Lipinski definition) is 2. The van der Waals surface area contributed by atoms with E-state index in [0.717, 1.165) is 11.6 Å². The van der Waals surface area contributed by atoms with Crippen molar-refractivity contribution in [3.63, 3.8) is 0 Å². The van der Waals surface area contributed by atoms with Crippen LogP contribution in [0.1, 0.15) is 16.7 Å². The van der Waals surface area contributed by atoms with Crippen molar-refractivity contribution in [3.8, 4) is 0 Å². The van der Waals surface area contributed by atoms with Crippen LogP contribution in [0.4, 0.5) is 4.39 Å². The number of rotatable bonds is 5. The molecule has 21 heavy (non-hydrogen) atoms. The molecule has 0 aliphatic rings. The number of aryl methyl sites for hydroxylation is 1. The lowest BCUT2D eigenvalue weighted by atomic mass is 10.1. The van der Waals surface area contributed by atoms with Crippen LogP contribution < -0.4 is 4.72 Å². The van der Waals surface area contributed by atoms with Gasteiger partial charge in [0.2, 0.25) is 10.0 Å². The Morgan fingerprint density at radius 2 is 1.86 bits per heavy atom. The van der Waals surface area contributed by atoms with Gasteiger partial charge in [0, 0.05) is 6.54 Å². The highest BCUT2D eigenvalue weighted by atomic mass is 32.2. The Bertz CT molecular complexity index is 744. The van der Waals surface area contributed by atoms with Crippen molar-refractivity contribution in [2.75, 3.05) is 0 Å². The average molecular weight is 309 g/mol. The van der Waals surface area contributed by atoms with Crippen LogP contribution >= 0.6 is 0 Å². The largest absolute Gasteiger partial charge is 0.392 e. The molecule has 0 aromatic heterocycles. The van der Waals surface area contributed by atoms with Crippen LogP contribution in [0.2, 0.25) is 0 Å². The predicted molar refractivity (Wildman–Crippen MR) is 77.5 cm³/mol. The minimum Gasteiger partial charge on any atom is -0.392 e. The molecular weight excluding hydrogens is 293 g/mol. The molecule has 4 nitrogen and oxygen atoms in total. The average Bonchev–Trinajstić information content (AvgIpc) is 2.48. The maximum atomic E-state index is 13.2. The molecule has 2 aromatic rings. The van der Waals surface area contributed by atoms with Crippen molar-refractivity contribution in [1.82, 2.24) is 4.72 Å². The van der Waals surface area contributed by atoms with Gasteiger partial charge in [-0.3, -0.25) is 0 Å². The molecule has 0 aliphatic carbocycles. The van der Waals surface area contributed by atoms with Crippen LogP contribution in [0, 0.1) is 12.7 Å². The molecule has 112 valence electrons. The summed E-state index contributed by atoms with van der Waals surface area (Å²) in [7, 11) is -3.78. The molecule has 0 fully saturated rings. The number of sulfonamides is 1. The van der Waals surface area contributed by atoms with Gasteiger partial charge in [0.25, 0.3) is 0 Å². The van der Waals surface area contributed by atoms with Crippen molar-refractivity contribution >= 4 is 10.0 Å². The second-order valence-electron chi connectivity index (χ2n) is 4.71. The van der Waals surface area contributed by atoms with Gasteiger partial charge in [0.05, 0.1) is 11.5 Å². The van der Waals surface area contributed by atoms with Gasteiger partial charge in [-0.2, -0.15) is 0 Å². The monoisotopic (exact) mass is 309 g/mol. The van der Waals surface area contributed by atoms with E-state index in [1.54, 1.807) is 31.2 Å². The van der Waals surface area contributed by atoms with E-state index in [0.29, 0.717) is 11.1 Å². The predicted octanol–water partition coefficient (Wildman–Crippen LogP) is 2.10. The summed E-state index contributed by atoms with van der Waals surface area (Å²) < 4.78 is 40.1. The van der Waals surface area contributed by atoms with Crippen LogP contribution in [0.3, 0.4) is 0 Å². The van der Waals surface area contributed by atoms with Crippen LogP contribution in [0.25, 0.3) is 0 Å². The van der Waals surface area contributed by atoms with E-state index < -0.39 is 15.8 Å². The van der Waals surface area contributed by atoms with Crippen molar-refractivity contribution in [1.29, 1.82) is 0 Å². The maximum Gasteiger partial charge on any atom is 0.241 e. The molecule has 0 saturated carbocycles. The van der Waals surface area contributed by atoms with Gasteiger partial charge in [-0.1, -0.05) is 30.3 Å². The third kappa shape index (κ3) is 3.87. The first-order chi connectivity index (χ1) is 9.92. The molecular formula is C15H16FNO3S. The molecule has 0 aliphatic heterocycles. The van der Waals surface area contributed by atoms with Crippen molar-refractivity contribution in [2.24, 2.45) is 0 Å². The van der Waals surface area contributed by atoms with Crippen LogP contribution in [0.15, 0.2) is 47.4 Å². The van der Waals surface area contributed by atoms with Gasteiger partial charge in [-0.25, -0.2) is 17.5 Å². The van der Waals surface area contributed by atoms with Gasteiger partial charge in [0.15, 0.2) is 0 Å². The second kappa shape index (κ2) is 6.34. The summed E-state index contributed by atoms with van der Waals surface area (Å²) >= 11 is 0. The fourth-order valence-corrected chi connectivity index (χ4v) is 3.23. The molecule has 0 atom stereocenters. The molecule has 6 heteroatoms. The Hall–Kier alpha value is -1.76. The Kier molecular flexibility index (Phi) is 4.72.